The molecule has 1 aromatic carbocycles. The van der Waals surface area contributed by atoms with E-state index in [1.54, 1.807) is 0 Å². The summed E-state index contributed by atoms with van der Waals surface area (Å²) in [5.41, 5.74) is 8.48. The van der Waals surface area contributed by atoms with Gasteiger partial charge in [-0.05, 0) is 34.1 Å². The number of nitrogen functional groups attached to an aromatic ring is 1. The second kappa shape index (κ2) is 4.30. The van der Waals surface area contributed by atoms with Crippen LogP contribution in [-0.2, 0) is 0 Å². The van der Waals surface area contributed by atoms with Crippen LogP contribution in [0.3, 0.4) is 0 Å². The molecule has 0 saturated heterocycles. The Labute approximate surface area is 117 Å². The lowest BCUT2D eigenvalue weighted by molar-refractivity contribution is 1.18. The minimum Gasteiger partial charge on any atom is -0.383 e. The zero-order valence-corrected chi connectivity index (χ0v) is 11.6. The number of aromatic nitrogens is 2. The van der Waals surface area contributed by atoms with Gasteiger partial charge in [0.1, 0.15) is 17.2 Å². The molecule has 0 aliphatic rings. The Morgan fingerprint density at radius 3 is 2.72 bits per heavy atom. The van der Waals surface area contributed by atoms with Crippen molar-refractivity contribution < 1.29 is 0 Å². The van der Waals surface area contributed by atoms with Crippen LogP contribution in [0.15, 0.2) is 47.1 Å². The lowest BCUT2D eigenvalue weighted by atomic mass is 10.1. The van der Waals surface area contributed by atoms with Crippen molar-refractivity contribution in [1.29, 1.82) is 0 Å². The highest BCUT2D eigenvalue weighted by Gasteiger charge is 2.13. The van der Waals surface area contributed by atoms with Crippen LogP contribution in [0.4, 0.5) is 5.82 Å². The SMILES string of the molecule is Nc1c(-c2ccccc2Cl)nc2ccc(Br)cn12. The maximum Gasteiger partial charge on any atom is 0.139 e. The van der Waals surface area contributed by atoms with Gasteiger partial charge in [0.25, 0.3) is 0 Å². The third-order valence-corrected chi connectivity index (χ3v) is 3.55. The molecule has 0 atom stereocenters. The number of nitrogens with two attached hydrogens (primary N) is 1. The van der Waals surface area contributed by atoms with E-state index in [-0.39, 0.29) is 0 Å². The Kier molecular flexibility index (Phi) is 2.76. The van der Waals surface area contributed by atoms with Gasteiger partial charge in [0.2, 0.25) is 0 Å². The first-order valence-corrected chi connectivity index (χ1v) is 6.52. The van der Waals surface area contributed by atoms with Crippen molar-refractivity contribution in [2.24, 2.45) is 0 Å². The van der Waals surface area contributed by atoms with Crippen LogP contribution < -0.4 is 5.73 Å². The fourth-order valence-electron chi connectivity index (χ4n) is 1.89. The van der Waals surface area contributed by atoms with Gasteiger partial charge in [-0.3, -0.25) is 4.40 Å². The van der Waals surface area contributed by atoms with Crippen molar-refractivity contribution in [2.45, 2.75) is 0 Å². The fraction of sp³-hybridized carbons (Fsp3) is 0. The molecule has 0 amide bonds. The highest BCUT2D eigenvalue weighted by Crippen LogP contribution is 2.32. The first-order chi connectivity index (χ1) is 8.66. The van der Waals surface area contributed by atoms with Gasteiger partial charge in [0, 0.05) is 16.2 Å². The largest absolute Gasteiger partial charge is 0.383 e. The first kappa shape index (κ1) is 11.6. The van der Waals surface area contributed by atoms with Crippen molar-refractivity contribution in [2.75, 3.05) is 5.73 Å². The molecule has 18 heavy (non-hydrogen) atoms. The highest BCUT2D eigenvalue weighted by molar-refractivity contribution is 9.10. The van der Waals surface area contributed by atoms with Crippen LogP contribution in [0, 0.1) is 0 Å². The summed E-state index contributed by atoms with van der Waals surface area (Å²) in [5, 5.41) is 0.645. The number of halogens is 2. The number of fused-ring (bicyclic) bond motifs is 1. The maximum absolute atomic E-state index is 6.18. The molecular weight excluding hydrogens is 314 g/mol. The number of anilines is 1. The topological polar surface area (TPSA) is 43.3 Å². The maximum atomic E-state index is 6.18. The minimum absolute atomic E-state index is 0.583. The van der Waals surface area contributed by atoms with E-state index in [1.807, 2.05) is 47.0 Å². The van der Waals surface area contributed by atoms with Gasteiger partial charge >= 0.3 is 0 Å². The van der Waals surface area contributed by atoms with Gasteiger partial charge < -0.3 is 5.73 Å². The monoisotopic (exact) mass is 321 g/mol. The zero-order chi connectivity index (χ0) is 12.7. The van der Waals surface area contributed by atoms with Crippen molar-refractivity contribution in [3.8, 4) is 11.3 Å². The summed E-state index contributed by atoms with van der Waals surface area (Å²) in [6.07, 6.45) is 1.89. The lowest BCUT2D eigenvalue weighted by Gasteiger charge is -2.01. The Bertz CT molecular complexity index is 736. The fourth-order valence-corrected chi connectivity index (χ4v) is 2.45. The summed E-state index contributed by atoms with van der Waals surface area (Å²) in [6.45, 7) is 0. The lowest BCUT2D eigenvalue weighted by Crippen LogP contribution is -1.94. The number of nitrogens with zero attached hydrogens (tertiary/aromatic N) is 2. The second-order valence-electron chi connectivity index (χ2n) is 3.90. The Morgan fingerprint density at radius 1 is 1.17 bits per heavy atom. The van der Waals surface area contributed by atoms with Crippen LogP contribution in [-0.4, -0.2) is 9.38 Å². The molecule has 3 rings (SSSR count). The summed E-state index contributed by atoms with van der Waals surface area (Å²) in [4.78, 5) is 4.52. The molecule has 90 valence electrons. The molecular formula is C13H9BrClN3. The highest BCUT2D eigenvalue weighted by atomic mass is 79.9. The van der Waals surface area contributed by atoms with E-state index in [4.69, 9.17) is 17.3 Å². The zero-order valence-electron chi connectivity index (χ0n) is 9.27. The second-order valence-corrected chi connectivity index (χ2v) is 5.22. The van der Waals surface area contributed by atoms with Gasteiger partial charge in [0.15, 0.2) is 0 Å². The average molecular weight is 323 g/mol. The van der Waals surface area contributed by atoms with Crippen LogP contribution >= 0.6 is 27.5 Å². The van der Waals surface area contributed by atoms with E-state index in [0.29, 0.717) is 16.5 Å². The van der Waals surface area contributed by atoms with E-state index in [0.717, 1.165) is 15.7 Å². The summed E-state index contributed by atoms with van der Waals surface area (Å²) in [7, 11) is 0. The molecule has 0 aliphatic carbocycles. The van der Waals surface area contributed by atoms with E-state index < -0.39 is 0 Å². The van der Waals surface area contributed by atoms with Gasteiger partial charge in [-0.1, -0.05) is 29.8 Å². The molecule has 5 heteroatoms. The molecule has 0 saturated carbocycles. The molecule has 0 aliphatic heterocycles. The number of hydrogen-bond donors (Lipinski definition) is 1. The van der Waals surface area contributed by atoms with E-state index >= 15 is 0 Å². The molecule has 0 radical (unpaired) electrons. The number of imidazole rings is 1. The quantitative estimate of drug-likeness (QED) is 0.736. The molecule has 0 unspecified atom stereocenters. The number of benzene rings is 1. The predicted molar refractivity (Wildman–Crippen MR) is 77.8 cm³/mol. The Morgan fingerprint density at radius 2 is 1.94 bits per heavy atom. The normalized spacial score (nSPS) is 11.0. The van der Waals surface area contributed by atoms with Crippen molar-refractivity contribution >= 4 is 39.0 Å². The summed E-state index contributed by atoms with van der Waals surface area (Å²) in [6, 6.07) is 11.4. The average Bonchev–Trinajstić information content (AvgIpc) is 2.68. The minimum atomic E-state index is 0.583. The Balaban J connectivity index is 2.31. The third-order valence-electron chi connectivity index (χ3n) is 2.75. The first-order valence-electron chi connectivity index (χ1n) is 5.35. The summed E-state index contributed by atoms with van der Waals surface area (Å²) >= 11 is 9.59. The van der Waals surface area contributed by atoms with Crippen molar-refractivity contribution in [3.05, 3.63) is 52.1 Å². The predicted octanol–water partition coefficient (Wildman–Crippen LogP) is 4.00. The van der Waals surface area contributed by atoms with Crippen molar-refractivity contribution in [3.63, 3.8) is 0 Å². The van der Waals surface area contributed by atoms with Crippen LogP contribution in [0.2, 0.25) is 5.02 Å². The molecule has 3 aromatic rings. The molecule has 2 heterocycles. The van der Waals surface area contributed by atoms with Crippen LogP contribution in [0.25, 0.3) is 16.9 Å². The molecule has 3 nitrogen and oxygen atoms in total. The number of rotatable bonds is 1. The summed E-state index contributed by atoms with van der Waals surface area (Å²) in [5.74, 6) is 0.583. The van der Waals surface area contributed by atoms with Gasteiger partial charge in [-0.15, -0.1) is 0 Å². The third kappa shape index (κ3) is 1.78. The smallest absolute Gasteiger partial charge is 0.139 e. The Hall–Kier alpha value is -1.52. The number of pyridine rings is 1. The molecule has 2 N–H and O–H groups in total. The van der Waals surface area contributed by atoms with E-state index in [9.17, 15) is 0 Å². The van der Waals surface area contributed by atoms with Crippen LogP contribution in [0.5, 0.6) is 0 Å². The molecule has 2 aromatic heterocycles. The standard InChI is InChI=1S/C13H9BrClN3/c14-8-5-6-11-17-12(13(16)18(11)7-8)9-3-1-2-4-10(9)15/h1-7H,16H2. The van der Waals surface area contributed by atoms with Gasteiger partial charge in [-0.25, -0.2) is 4.98 Å². The van der Waals surface area contributed by atoms with E-state index in [2.05, 4.69) is 20.9 Å². The van der Waals surface area contributed by atoms with E-state index in [1.165, 1.54) is 0 Å². The summed E-state index contributed by atoms with van der Waals surface area (Å²) < 4.78 is 2.78. The van der Waals surface area contributed by atoms with Gasteiger partial charge in [-0.2, -0.15) is 0 Å². The molecule has 0 bridgehead atoms. The van der Waals surface area contributed by atoms with Gasteiger partial charge in [0.05, 0.1) is 5.02 Å². The number of hydrogen-bond acceptors (Lipinski definition) is 2. The molecule has 0 spiro atoms. The van der Waals surface area contributed by atoms with Crippen LogP contribution in [0.1, 0.15) is 0 Å². The molecule has 0 fully saturated rings. The van der Waals surface area contributed by atoms with Crippen molar-refractivity contribution in [1.82, 2.24) is 9.38 Å².